The summed E-state index contributed by atoms with van der Waals surface area (Å²) in [5.74, 6) is 0.139. The van der Waals surface area contributed by atoms with Gasteiger partial charge in [-0.25, -0.2) is 9.50 Å². The van der Waals surface area contributed by atoms with E-state index >= 15 is 0 Å². The lowest BCUT2D eigenvalue weighted by Crippen LogP contribution is -2.33. The Labute approximate surface area is 193 Å². The summed E-state index contributed by atoms with van der Waals surface area (Å²) in [5.41, 5.74) is 5.79. The van der Waals surface area contributed by atoms with Crippen LogP contribution in [-0.4, -0.2) is 45.9 Å². The van der Waals surface area contributed by atoms with Crippen LogP contribution in [0.25, 0.3) is 5.52 Å². The fourth-order valence-corrected chi connectivity index (χ4v) is 4.52. The summed E-state index contributed by atoms with van der Waals surface area (Å²) < 4.78 is 30.5. The van der Waals surface area contributed by atoms with Crippen LogP contribution in [0.15, 0.2) is 18.5 Å². The molecule has 1 aliphatic rings. The molecule has 0 saturated carbocycles. The van der Waals surface area contributed by atoms with Gasteiger partial charge in [-0.3, -0.25) is 4.79 Å². The van der Waals surface area contributed by atoms with Crippen LogP contribution in [0.2, 0.25) is 0 Å². The van der Waals surface area contributed by atoms with E-state index in [9.17, 15) is 14.6 Å². The molecule has 2 aromatic rings. The fraction of sp³-hybridized carbons (Fsp3) is 0.619. The molecule has 0 amide bonds. The average molecular weight is 477 g/mol. The number of nitrogens with zero attached hydrogens (tertiary/aromatic N) is 4. The molecule has 1 saturated heterocycles. The SMILES string of the molecule is CCC(CC)COC(=O)[C@H](C)N[P+](=O)OC[C@@H]1CC[C@](C#N)(c2ccc3c(N)ncnn23)O1. The highest BCUT2D eigenvalue weighted by Gasteiger charge is 2.45. The molecule has 1 aliphatic heterocycles. The predicted molar refractivity (Wildman–Crippen MR) is 120 cm³/mol. The number of hydrogen-bond donors (Lipinski definition) is 2. The number of hydrogen-bond acceptors (Lipinski definition) is 9. The first-order valence-electron chi connectivity index (χ1n) is 11.0. The van der Waals surface area contributed by atoms with Gasteiger partial charge in [0.2, 0.25) is 0 Å². The van der Waals surface area contributed by atoms with Gasteiger partial charge in [-0.1, -0.05) is 31.8 Å². The smallest absolute Gasteiger partial charge is 0.464 e. The normalized spacial score (nSPS) is 21.8. The van der Waals surface area contributed by atoms with Crippen LogP contribution in [0.1, 0.15) is 52.1 Å². The number of nitrogen functional groups attached to an aromatic ring is 1. The molecule has 3 N–H and O–H groups in total. The zero-order valence-corrected chi connectivity index (χ0v) is 20.0. The number of carbonyl (C=O) groups excluding carboxylic acids is 1. The standard InChI is InChI=1S/C21H30N6O5P/c1-4-15(5-2)10-30-20(28)14(3)26-33(29)31-11-16-8-9-21(12-22,32-16)18-7-6-17-19(23)24-13-25-27(17)18/h6-7,13-16H,4-5,8-11H2,1-3H3,(H,26,29)(H2,23,24,25)/q+1/t14-,16-,21-/m0/s1. The van der Waals surface area contributed by atoms with E-state index in [-0.39, 0.29) is 6.61 Å². The van der Waals surface area contributed by atoms with E-state index in [1.165, 1.54) is 6.33 Å². The van der Waals surface area contributed by atoms with Crippen molar-refractivity contribution < 1.29 is 23.4 Å². The third-order valence-electron chi connectivity index (χ3n) is 5.91. The number of nitrogens with two attached hydrogens (primary N) is 1. The maximum absolute atomic E-state index is 12.3. The summed E-state index contributed by atoms with van der Waals surface area (Å²) in [5, 5.41) is 16.7. The zero-order valence-electron chi connectivity index (χ0n) is 19.1. The highest BCUT2D eigenvalue weighted by Crippen LogP contribution is 2.40. The summed E-state index contributed by atoms with van der Waals surface area (Å²) in [7, 11) is -2.32. The highest BCUT2D eigenvalue weighted by molar-refractivity contribution is 7.36. The Hall–Kier alpha value is -2.64. The van der Waals surface area contributed by atoms with Crippen LogP contribution in [-0.2, 0) is 29.0 Å². The molecule has 3 heterocycles. The number of nitriles is 1. The molecular weight excluding hydrogens is 447 g/mol. The van der Waals surface area contributed by atoms with E-state index in [1.54, 1.807) is 23.6 Å². The number of anilines is 1. The molecular formula is C21H30N6O5P+. The van der Waals surface area contributed by atoms with Crippen LogP contribution in [0.4, 0.5) is 5.82 Å². The lowest BCUT2D eigenvalue weighted by atomic mass is 9.98. The van der Waals surface area contributed by atoms with E-state index in [4.69, 9.17) is 19.7 Å². The van der Waals surface area contributed by atoms with Gasteiger partial charge in [0.25, 0.3) is 0 Å². The van der Waals surface area contributed by atoms with Gasteiger partial charge < -0.3 is 15.2 Å². The molecule has 0 aliphatic carbocycles. The van der Waals surface area contributed by atoms with Crippen LogP contribution < -0.4 is 10.8 Å². The van der Waals surface area contributed by atoms with Crippen LogP contribution in [0, 0.1) is 17.2 Å². The number of aromatic nitrogens is 3. The van der Waals surface area contributed by atoms with Gasteiger partial charge in [0.1, 0.15) is 30.6 Å². The Morgan fingerprint density at radius 3 is 2.94 bits per heavy atom. The molecule has 1 unspecified atom stereocenters. The minimum Gasteiger partial charge on any atom is -0.464 e. The fourth-order valence-electron chi connectivity index (χ4n) is 3.72. The summed E-state index contributed by atoms with van der Waals surface area (Å²) in [4.78, 5) is 16.1. The van der Waals surface area contributed by atoms with Gasteiger partial charge >= 0.3 is 14.1 Å². The Morgan fingerprint density at radius 2 is 2.24 bits per heavy atom. The molecule has 178 valence electrons. The minimum atomic E-state index is -2.32. The van der Waals surface area contributed by atoms with Crippen molar-refractivity contribution in [3.05, 3.63) is 24.2 Å². The lowest BCUT2D eigenvalue weighted by Gasteiger charge is -2.21. The summed E-state index contributed by atoms with van der Waals surface area (Å²) >= 11 is 0. The minimum absolute atomic E-state index is 0.00156. The third kappa shape index (κ3) is 5.65. The van der Waals surface area contributed by atoms with Crippen molar-refractivity contribution >= 4 is 25.5 Å². The molecule has 3 rings (SSSR count). The second kappa shape index (κ2) is 11.0. The number of nitrogens with one attached hydrogen (secondary N) is 1. The molecule has 1 fully saturated rings. The Bertz CT molecular complexity index is 1040. The number of rotatable bonds is 11. The lowest BCUT2D eigenvalue weighted by molar-refractivity contribution is -0.146. The molecule has 33 heavy (non-hydrogen) atoms. The maximum Gasteiger partial charge on any atom is 0.613 e. The average Bonchev–Trinajstić information content (AvgIpc) is 3.44. The van der Waals surface area contributed by atoms with Gasteiger partial charge in [0.15, 0.2) is 11.4 Å². The van der Waals surface area contributed by atoms with Gasteiger partial charge in [-0.2, -0.15) is 10.4 Å². The van der Waals surface area contributed by atoms with E-state index in [0.717, 1.165) is 12.8 Å². The molecule has 2 aromatic heterocycles. The van der Waals surface area contributed by atoms with Crippen molar-refractivity contribution in [3.63, 3.8) is 0 Å². The monoisotopic (exact) mass is 477 g/mol. The number of carbonyl (C=O) groups is 1. The number of ether oxygens (including phenoxy) is 2. The predicted octanol–water partition coefficient (Wildman–Crippen LogP) is 2.84. The van der Waals surface area contributed by atoms with E-state index < -0.39 is 31.9 Å². The van der Waals surface area contributed by atoms with Crippen molar-refractivity contribution in [2.45, 2.75) is 64.2 Å². The van der Waals surface area contributed by atoms with Gasteiger partial charge in [0.05, 0.1) is 18.4 Å². The maximum atomic E-state index is 12.3. The molecule has 12 heteroatoms. The highest BCUT2D eigenvalue weighted by atomic mass is 31.1. The molecule has 0 spiro atoms. The Balaban J connectivity index is 1.52. The summed E-state index contributed by atoms with van der Waals surface area (Å²) in [6.45, 7) is 6.00. The van der Waals surface area contributed by atoms with E-state index in [0.29, 0.717) is 42.4 Å². The topological polar surface area (TPSA) is 154 Å². The van der Waals surface area contributed by atoms with E-state index in [2.05, 4.69) is 21.2 Å². The molecule has 0 aromatic carbocycles. The van der Waals surface area contributed by atoms with Crippen molar-refractivity contribution in [2.24, 2.45) is 5.92 Å². The Kier molecular flexibility index (Phi) is 8.32. The summed E-state index contributed by atoms with van der Waals surface area (Å²) in [6, 6.07) is 4.94. The second-order valence-corrected chi connectivity index (χ2v) is 9.13. The Morgan fingerprint density at radius 1 is 1.48 bits per heavy atom. The van der Waals surface area contributed by atoms with Gasteiger partial charge in [-0.15, -0.1) is 4.52 Å². The first-order chi connectivity index (χ1) is 15.8. The van der Waals surface area contributed by atoms with Gasteiger partial charge in [-0.05, 0) is 42.4 Å². The van der Waals surface area contributed by atoms with Crippen molar-refractivity contribution in [1.82, 2.24) is 19.7 Å². The quantitative estimate of drug-likeness (QED) is 0.365. The molecule has 4 atom stereocenters. The van der Waals surface area contributed by atoms with Crippen LogP contribution >= 0.6 is 8.18 Å². The zero-order chi connectivity index (χ0) is 24.0. The van der Waals surface area contributed by atoms with Crippen LogP contribution in [0.3, 0.4) is 0 Å². The molecule has 11 nitrogen and oxygen atoms in total. The van der Waals surface area contributed by atoms with E-state index in [1.807, 2.05) is 13.8 Å². The first kappa shape index (κ1) is 25.0. The first-order valence-corrected chi connectivity index (χ1v) is 12.2. The van der Waals surface area contributed by atoms with Crippen molar-refractivity contribution in [1.29, 1.82) is 5.26 Å². The van der Waals surface area contributed by atoms with Gasteiger partial charge in [0, 0.05) is 0 Å². The van der Waals surface area contributed by atoms with Crippen molar-refractivity contribution in [2.75, 3.05) is 18.9 Å². The largest absolute Gasteiger partial charge is 0.613 e. The van der Waals surface area contributed by atoms with Crippen molar-refractivity contribution in [3.8, 4) is 6.07 Å². The second-order valence-electron chi connectivity index (χ2n) is 8.09. The third-order valence-corrected chi connectivity index (χ3v) is 6.89. The molecule has 0 bridgehead atoms. The summed E-state index contributed by atoms with van der Waals surface area (Å²) in [6.07, 6.45) is 3.65. The van der Waals surface area contributed by atoms with Crippen LogP contribution in [0.5, 0.6) is 0 Å². The number of esters is 1. The molecule has 0 radical (unpaired) electrons. The number of fused-ring (bicyclic) bond motifs is 1.